The van der Waals surface area contributed by atoms with E-state index in [1.165, 1.54) is 12.1 Å². The maximum Gasteiger partial charge on any atom is 0.416 e. The number of nitrogens with two attached hydrogens (primary N) is 1. The third-order valence-corrected chi connectivity index (χ3v) is 2.84. The number of nitrogens with one attached hydrogen (secondary N) is 1. The van der Waals surface area contributed by atoms with Gasteiger partial charge in [-0.2, -0.15) is 13.2 Å². The second-order valence-electron chi connectivity index (χ2n) is 4.54. The molecule has 0 atom stereocenters. The molecule has 110 valence electrons. The number of benzene rings is 2. The summed E-state index contributed by atoms with van der Waals surface area (Å²) in [6.45, 7) is 0. The van der Waals surface area contributed by atoms with Crippen LogP contribution in [0, 0.1) is 0 Å². The van der Waals surface area contributed by atoms with Crippen LogP contribution >= 0.6 is 0 Å². The Morgan fingerprint density at radius 1 is 1.00 bits per heavy atom. The molecule has 0 bridgehead atoms. The number of hydrogen-bond donors (Lipinski definition) is 2. The van der Waals surface area contributed by atoms with E-state index < -0.39 is 11.7 Å². The van der Waals surface area contributed by atoms with E-state index in [2.05, 4.69) is 5.32 Å². The largest absolute Gasteiger partial charge is 0.416 e. The lowest BCUT2D eigenvalue weighted by Crippen LogP contribution is -2.14. The van der Waals surface area contributed by atoms with Crippen molar-refractivity contribution in [1.29, 1.82) is 0 Å². The predicted molar refractivity (Wildman–Crippen MR) is 74.6 cm³/mol. The molecule has 0 radical (unpaired) electrons. The standard InChI is InChI=1S/C15H13F3N2O/c16-15(17,18)11-3-7-13(8-4-11)20-14(21)9-10-1-5-12(19)6-2-10/h1-8H,9,19H2,(H,20,21). The van der Waals surface area contributed by atoms with Crippen LogP contribution < -0.4 is 11.1 Å². The van der Waals surface area contributed by atoms with Gasteiger partial charge in [0.1, 0.15) is 0 Å². The van der Waals surface area contributed by atoms with E-state index in [9.17, 15) is 18.0 Å². The van der Waals surface area contributed by atoms with Crippen LogP contribution in [0.15, 0.2) is 48.5 Å². The zero-order chi connectivity index (χ0) is 15.5. The average Bonchev–Trinajstić information content (AvgIpc) is 2.41. The fourth-order valence-electron chi connectivity index (χ4n) is 1.77. The van der Waals surface area contributed by atoms with E-state index >= 15 is 0 Å². The number of carbonyl (C=O) groups is 1. The molecule has 6 heteroatoms. The van der Waals surface area contributed by atoms with Crippen molar-refractivity contribution in [1.82, 2.24) is 0 Å². The lowest BCUT2D eigenvalue weighted by Gasteiger charge is -2.09. The predicted octanol–water partition coefficient (Wildman–Crippen LogP) is 3.47. The molecule has 2 aromatic rings. The highest BCUT2D eigenvalue weighted by molar-refractivity contribution is 5.92. The SMILES string of the molecule is Nc1ccc(CC(=O)Nc2ccc(C(F)(F)F)cc2)cc1. The monoisotopic (exact) mass is 294 g/mol. The molecule has 0 spiro atoms. The van der Waals surface area contributed by atoms with Crippen LogP contribution in [0.4, 0.5) is 24.5 Å². The van der Waals surface area contributed by atoms with Crippen LogP contribution in [-0.2, 0) is 17.4 Å². The van der Waals surface area contributed by atoms with Gasteiger partial charge in [0.25, 0.3) is 0 Å². The van der Waals surface area contributed by atoms with Crippen molar-refractivity contribution < 1.29 is 18.0 Å². The van der Waals surface area contributed by atoms with Crippen molar-refractivity contribution >= 4 is 17.3 Å². The molecule has 0 aromatic heterocycles. The minimum Gasteiger partial charge on any atom is -0.399 e. The zero-order valence-electron chi connectivity index (χ0n) is 10.9. The van der Waals surface area contributed by atoms with Crippen LogP contribution in [0.25, 0.3) is 0 Å². The highest BCUT2D eigenvalue weighted by atomic mass is 19.4. The minimum absolute atomic E-state index is 0.126. The second kappa shape index (κ2) is 5.87. The average molecular weight is 294 g/mol. The van der Waals surface area contributed by atoms with Crippen LogP contribution in [-0.4, -0.2) is 5.91 Å². The molecule has 0 fully saturated rings. The zero-order valence-corrected chi connectivity index (χ0v) is 10.9. The summed E-state index contributed by atoms with van der Waals surface area (Å²) >= 11 is 0. The molecule has 0 unspecified atom stereocenters. The Balaban J connectivity index is 1.98. The van der Waals surface area contributed by atoms with Crippen molar-refractivity contribution in [2.24, 2.45) is 0 Å². The summed E-state index contributed by atoms with van der Waals surface area (Å²) in [5, 5.41) is 2.55. The van der Waals surface area contributed by atoms with Crippen LogP contribution in [0.2, 0.25) is 0 Å². The molecule has 0 heterocycles. The van der Waals surface area contributed by atoms with Crippen LogP contribution in [0.1, 0.15) is 11.1 Å². The van der Waals surface area contributed by atoms with Crippen LogP contribution in [0.3, 0.4) is 0 Å². The maximum absolute atomic E-state index is 12.4. The first kappa shape index (κ1) is 14.9. The number of nitrogen functional groups attached to an aromatic ring is 1. The molecule has 3 nitrogen and oxygen atoms in total. The summed E-state index contributed by atoms with van der Waals surface area (Å²) in [7, 11) is 0. The Kier molecular flexibility index (Phi) is 4.16. The number of alkyl halides is 3. The summed E-state index contributed by atoms with van der Waals surface area (Å²) < 4.78 is 37.2. The number of hydrogen-bond acceptors (Lipinski definition) is 2. The van der Waals surface area contributed by atoms with Gasteiger partial charge < -0.3 is 11.1 Å². The Morgan fingerprint density at radius 2 is 1.57 bits per heavy atom. The third kappa shape index (κ3) is 4.24. The first-order valence-corrected chi connectivity index (χ1v) is 6.16. The first-order valence-electron chi connectivity index (χ1n) is 6.16. The Bertz CT molecular complexity index is 619. The number of carbonyl (C=O) groups excluding carboxylic acids is 1. The van der Waals surface area contributed by atoms with Crippen molar-refractivity contribution in [3.05, 3.63) is 59.7 Å². The molecule has 0 aliphatic rings. The van der Waals surface area contributed by atoms with E-state index in [0.717, 1.165) is 17.7 Å². The summed E-state index contributed by atoms with van der Waals surface area (Å²) in [5.41, 5.74) is 6.48. The van der Waals surface area contributed by atoms with Gasteiger partial charge in [0.05, 0.1) is 12.0 Å². The smallest absolute Gasteiger partial charge is 0.399 e. The van der Waals surface area contributed by atoms with E-state index in [4.69, 9.17) is 5.73 Å². The number of anilines is 2. The van der Waals surface area contributed by atoms with Crippen molar-refractivity contribution in [2.75, 3.05) is 11.1 Å². The molecule has 0 saturated carbocycles. The number of rotatable bonds is 3. The summed E-state index contributed by atoms with van der Waals surface area (Å²) in [6.07, 6.45) is -4.26. The van der Waals surface area contributed by atoms with Gasteiger partial charge in [0.15, 0.2) is 0 Å². The molecule has 0 aliphatic heterocycles. The molecular weight excluding hydrogens is 281 g/mol. The number of halogens is 3. The third-order valence-electron chi connectivity index (χ3n) is 2.84. The molecule has 2 rings (SSSR count). The normalized spacial score (nSPS) is 11.2. The number of amides is 1. The van der Waals surface area contributed by atoms with Gasteiger partial charge in [0, 0.05) is 11.4 Å². The van der Waals surface area contributed by atoms with E-state index in [1.807, 2.05) is 0 Å². The Morgan fingerprint density at radius 3 is 2.10 bits per heavy atom. The lowest BCUT2D eigenvalue weighted by atomic mass is 10.1. The van der Waals surface area contributed by atoms with Gasteiger partial charge in [-0.05, 0) is 42.0 Å². The Hall–Kier alpha value is -2.50. The van der Waals surface area contributed by atoms with Gasteiger partial charge >= 0.3 is 6.18 Å². The van der Waals surface area contributed by atoms with Gasteiger partial charge in [-0.3, -0.25) is 4.79 Å². The van der Waals surface area contributed by atoms with Gasteiger partial charge in [0.2, 0.25) is 5.91 Å². The van der Waals surface area contributed by atoms with Gasteiger partial charge in [-0.1, -0.05) is 12.1 Å². The van der Waals surface area contributed by atoms with Crippen molar-refractivity contribution in [2.45, 2.75) is 12.6 Å². The van der Waals surface area contributed by atoms with Crippen molar-refractivity contribution in [3.63, 3.8) is 0 Å². The van der Waals surface area contributed by atoms with Crippen molar-refractivity contribution in [3.8, 4) is 0 Å². The summed E-state index contributed by atoms with van der Waals surface area (Å²) in [6, 6.07) is 11.1. The minimum atomic E-state index is -4.38. The lowest BCUT2D eigenvalue weighted by molar-refractivity contribution is -0.137. The second-order valence-corrected chi connectivity index (χ2v) is 4.54. The molecule has 0 saturated heterocycles. The van der Waals surface area contributed by atoms with Gasteiger partial charge in [-0.15, -0.1) is 0 Å². The van der Waals surface area contributed by atoms with E-state index in [1.54, 1.807) is 24.3 Å². The molecule has 2 aromatic carbocycles. The maximum atomic E-state index is 12.4. The Labute approximate surface area is 119 Å². The van der Waals surface area contributed by atoms with Gasteiger partial charge in [-0.25, -0.2) is 0 Å². The van der Waals surface area contributed by atoms with Crippen LogP contribution in [0.5, 0.6) is 0 Å². The summed E-state index contributed by atoms with van der Waals surface area (Å²) in [5.74, 6) is -0.306. The highest BCUT2D eigenvalue weighted by Gasteiger charge is 2.29. The molecule has 1 amide bonds. The molecule has 21 heavy (non-hydrogen) atoms. The van der Waals surface area contributed by atoms with E-state index in [0.29, 0.717) is 11.4 Å². The highest BCUT2D eigenvalue weighted by Crippen LogP contribution is 2.29. The molecular formula is C15H13F3N2O. The fraction of sp³-hybridized carbons (Fsp3) is 0.133. The molecule has 0 aliphatic carbocycles. The molecule has 3 N–H and O–H groups in total. The van der Waals surface area contributed by atoms with E-state index in [-0.39, 0.29) is 12.3 Å². The quantitative estimate of drug-likeness (QED) is 0.852. The summed E-state index contributed by atoms with van der Waals surface area (Å²) in [4.78, 5) is 11.8. The topological polar surface area (TPSA) is 55.1 Å². The first-order chi connectivity index (χ1) is 9.84. The fourth-order valence-corrected chi connectivity index (χ4v) is 1.77.